The van der Waals surface area contributed by atoms with Gasteiger partial charge in [-0.25, -0.2) is 22.8 Å². The zero-order valence-corrected chi connectivity index (χ0v) is 25.1. The summed E-state index contributed by atoms with van der Waals surface area (Å²) < 4.78 is 47.3. The molecule has 2 aliphatic heterocycles. The van der Waals surface area contributed by atoms with Crippen molar-refractivity contribution in [1.82, 2.24) is 19.9 Å². The van der Waals surface area contributed by atoms with Crippen molar-refractivity contribution >= 4 is 50.6 Å². The summed E-state index contributed by atoms with van der Waals surface area (Å²) in [5.74, 6) is 0.851. The number of ether oxygens (including phenoxy) is 1. The Balaban J connectivity index is 1.27. The number of anilines is 5. The summed E-state index contributed by atoms with van der Waals surface area (Å²) in [5.41, 5.74) is 2.20. The molecule has 5 rings (SSSR count). The average Bonchev–Trinajstić information content (AvgIpc) is 2.87. The normalized spacial score (nSPS) is 17.2. The lowest BCUT2D eigenvalue weighted by molar-refractivity contribution is -0.0713. The van der Waals surface area contributed by atoms with Crippen LogP contribution in [0.15, 0.2) is 36.7 Å². The number of sulfonamides is 1. The van der Waals surface area contributed by atoms with Gasteiger partial charge in [-0.1, -0.05) is 11.6 Å². The first kappa shape index (κ1) is 29.4. The van der Waals surface area contributed by atoms with E-state index in [-0.39, 0.29) is 28.4 Å². The second kappa shape index (κ2) is 11.7. The smallest absolute Gasteiger partial charge is 0.237 e. The van der Waals surface area contributed by atoms with E-state index in [9.17, 15) is 8.42 Å². The molecule has 0 radical (unpaired) electrons. The molecule has 0 spiro atoms. The van der Waals surface area contributed by atoms with Gasteiger partial charge in [-0.05, 0) is 77.7 Å². The number of nitrogens with one attached hydrogen (secondary N) is 3. The van der Waals surface area contributed by atoms with Crippen LogP contribution in [-0.4, -0.2) is 65.4 Å². The molecule has 2 saturated heterocycles. The molecular formula is C28H35ClFN7O3S. The molecule has 220 valence electrons. The number of likely N-dealkylation sites (tertiary alicyclic amines) is 1. The Hall–Kier alpha value is -3.06. The number of hydrogen-bond donors (Lipinski definition) is 3. The van der Waals surface area contributed by atoms with Crippen LogP contribution in [0.3, 0.4) is 0 Å². The molecule has 3 N–H and O–H groups in total. The van der Waals surface area contributed by atoms with Crippen LogP contribution >= 0.6 is 11.6 Å². The van der Waals surface area contributed by atoms with Crippen molar-refractivity contribution in [1.29, 1.82) is 0 Å². The van der Waals surface area contributed by atoms with Crippen molar-refractivity contribution in [3.8, 4) is 0 Å². The molecular weight excluding hydrogens is 569 g/mol. The van der Waals surface area contributed by atoms with E-state index in [0.717, 1.165) is 44.7 Å². The molecule has 10 nitrogen and oxygen atoms in total. The lowest BCUT2D eigenvalue weighted by Crippen LogP contribution is -2.51. The monoisotopic (exact) mass is 603 g/mol. The molecule has 0 unspecified atom stereocenters. The van der Waals surface area contributed by atoms with E-state index in [0.29, 0.717) is 28.9 Å². The van der Waals surface area contributed by atoms with Crippen LogP contribution in [0.25, 0.3) is 0 Å². The number of benzene rings is 1. The zero-order valence-electron chi connectivity index (χ0n) is 23.5. The van der Waals surface area contributed by atoms with Gasteiger partial charge >= 0.3 is 0 Å². The quantitative estimate of drug-likeness (QED) is 0.303. The highest BCUT2D eigenvalue weighted by molar-refractivity contribution is 7.94. The zero-order chi connectivity index (χ0) is 29.4. The second-order valence-corrected chi connectivity index (χ2v) is 14.3. The number of nitrogens with zero attached hydrogens (tertiary/aromatic N) is 4. The summed E-state index contributed by atoms with van der Waals surface area (Å²) in [6.45, 7) is 10.1. The van der Waals surface area contributed by atoms with Crippen molar-refractivity contribution in [3.63, 3.8) is 0 Å². The van der Waals surface area contributed by atoms with Gasteiger partial charge in [0, 0.05) is 35.3 Å². The highest BCUT2D eigenvalue weighted by Gasteiger charge is 2.31. The highest BCUT2D eigenvalue weighted by atomic mass is 35.5. The van der Waals surface area contributed by atoms with Gasteiger partial charge in [-0.3, -0.25) is 9.62 Å². The summed E-state index contributed by atoms with van der Waals surface area (Å²) in [4.78, 5) is 15.7. The van der Waals surface area contributed by atoms with Crippen LogP contribution in [0.4, 0.5) is 33.3 Å². The summed E-state index contributed by atoms with van der Waals surface area (Å²) in [6.07, 6.45) is 5.01. The van der Waals surface area contributed by atoms with Crippen molar-refractivity contribution in [2.75, 3.05) is 41.7 Å². The second-order valence-electron chi connectivity index (χ2n) is 11.5. The van der Waals surface area contributed by atoms with E-state index in [2.05, 4.69) is 35.2 Å². The first-order chi connectivity index (χ1) is 19.4. The summed E-state index contributed by atoms with van der Waals surface area (Å²) in [5, 5.41) is 6.43. The summed E-state index contributed by atoms with van der Waals surface area (Å²) in [6, 6.07) is 6.79. The van der Waals surface area contributed by atoms with E-state index in [1.54, 1.807) is 51.4 Å². The fourth-order valence-corrected chi connectivity index (χ4v) is 5.66. The third kappa shape index (κ3) is 6.72. The van der Waals surface area contributed by atoms with Crippen LogP contribution < -0.4 is 15.4 Å². The summed E-state index contributed by atoms with van der Waals surface area (Å²) >= 11 is 6.27. The number of aromatic nitrogens is 3. The maximum atomic E-state index is 15.1. The van der Waals surface area contributed by atoms with Crippen LogP contribution in [0.2, 0.25) is 5.02 Å². The van der Waals surface area contributed by atoms with E-state index in [1.807, 2.05) is 6.92 Å². The molecule has 0 atom stereocenters. The van der Waals surface area contributed by atoms with Crippen LogP contribution in [0, 0.1) is 12.7 Å². The Labute approximate surface area is 245 Å². The number of piperidine rings is 1. The van der Waals surface area contributed by atoms with E-state index in [4.69, 9.17) is 16.3 Å². The van der Waals surface area contributed by atoms with Crippen molar-refractivity contribution in [3.05, 3.63) is 58.6 Å². The molecule has 3 aromatic rings. The molecule has 13 heteroatoms. The largest absolute Gasteiger partial charge is 0.378 e. The number of aryl methyl sites for hydroxylation is 1. The Morgan fingerprint density at radius 3 is 2.44 bits per heavy atom. The molecule has 0 amide bonds. The predicted octanol–water partition coefficient (Wildman–Crippen LogP) is 5.58. The lowest BCUT2D eigenvalue weighted by atomic mass is 9.89. The topological polar surface area (TPSA) is 121 Å². The Kier molecular flexibility index (Phi) is 8.38. The number of hydrogen-bond acceptors (Lipinski definition) is 9. The number of pyridine rings is 1. The third-order valence-electron chi connectivity index (χ3n) is 7.48. The average molecular weight is 604 g/mol. The van der Waals surface area contributed by atoms with Gasteiger partial charge in [-0.15, -0.1) is 0 Å². The Bertz CT molecular complexity index is 1520. The van der Waals surface area contributed by atoms with E-state index >= 15 is 4.39 Å². The molecule has 0 bridgehead atoms. The van der Waals surface area contributed by atoms with Crippen LogP contribution in [0.5, 0.6) is 0 Å². The lowest BCUT2D eigenvalue weighted by Gasteiger charge is -2.41. The molecule has 41 heavy (non-hydrogen) atoms. The van der Waals surface area contributed by atoms with Gasteiger partial charge in [0.05, 0.1) is 34.7 Å². The molecule has 0 saturated carbocycles. The van der Waals surface area contributed by atoms with E-state index < -0.39 is 14.8 Å². The molecule has 2 fully saturated rings. The molecule has 4 heterocycles. The summed E-state index contributed by atoms with van der Waals surface area (Å²) in [7, 11) is -3.67. The molecule has 2 aromatic heterocycles. The minimum absolute atomic E-state index is 0.136. The number of halogens is 2. The minimum atomic E-state index is -3.67. The fraction of sp³-hybridized carbons (Fsp3) is 0.464. The molecule has 2 aliphatic rings. The van der Waals surface area contributed by atoms with Crippen LogP contribution in [0.1, 0.15) is 50.7 Å². The fourth-order valence-electron chi connectivity index (χ4n) is 4.68. The first-order valence-corrected chi connectivity index (χ1v) is 15.4. The standard InChI is InChI=1S/C28H35ClFN7O3S/c1-17-13-32-27(35-26(17)33-19-5-6-22(29)24(11-19)36-41(38,39)28(2,3)4)34-25-12-23(30)21(14-31-25)18-7-9-37(10-8-18)20-15-40-16-20/h5-6,11-14,18,20,36H,7-10,15-16H2,1-4H3,(H2,31,32,33,34,35). The van der Waals surface area contributed by atoms with Crippen LogP contribution in [-0.2, 0) is 14.8 Å². The maximum absolute atomic E-state index is 15.1. The molecule has 1 aromatic carbocycles. The van der Waals surface area contributed by atoms with Gasteiger partial charge in [0.15, 0.2) is 0 Å². The third-order valence-corrected chi connectivity index (χ3v) is 9.91. The molecule has 0 aliphatic carbocycles. The Morgan fingerprint density at radius 2 is 1.80 bits per heavy atom. The maximum Gasteiger partial charge on any atom is 0.237 e. The first-order valence-electron chi connectivity index (χ1n) is 13.6. The van der Waals surface area contributed by atoms with Gasteiger partial charge in [-0.2, -0.15) is 4.98 Å². The number of rotatable bonds is 8. The van der Waals surface area contributed by atoms with Gasteiger partial charge < -0.3 is 15.4 Å². The van der Waals surface area contributed by atoms with Gasteiger partial charge in [0.2, 0.25) is 16.0 Å². The SMILES string of the molecule is Cc1cnc(Nc2cc(F)c(C3CCN(C4COC4)CC3)cn2)nc1Nc1ccc(Cl)c(NS(=O)(=O)C(C)(C)C)c1. The minimum Gasteiger partial charge on any atom is -0.378 e. The Morgan fingerprint density at radius 1 is 1.07 bits per heavy atom. The van der Waals surface area contributed by atoms with Crippen molar-refractivity contribution in [2.24, 2.45) is 0 Å². The van der Waals surface area contributed by atoms with E-state index in [1.165, 1.54) is 6.07 Å². The highest BCUT2D eigenvalue weighted by Crippen LogP contribution is 2.33. The predicted molar refractivity (Wildman–Crippen MR) is 159 cm³/mol. The van der Waals surface area contributed by atoms with Gasteiger partial charge in [0.25, 0.3) is 0 Å². The van der Waals surface area contributed by atoms with Crippen molar-refractivity contribution < 1.29 is 17.5 Å². The van der Waals surface area contributed by atoms with Gasteiger partial charge in [0.1, 0.15) is 17.5 Å². The van der Waals surface area contributed by atoms with Crippen molar-refractivity contribution in [2.45, 2.75) is 57.2 Å².